The van der Waals surface area contributed by atoms with Crippen molar-refractivity contribution in [1.82, 2.24) is 20.4 Å². The Kier molecular flexibility index (Phi) is 13.0. The molecule has 1 aromatic carbocycles. The number of amides is 1. The van der Waals surface area contributed by atoms with E-state index in [0.717, 1.165) is 45.5 Å². The number of aliphatic imine (C=N–C) groups is 1. The van der Waals surface area contributed by atoms with Crippen molar-refractivity contribution in [2.24, 2.45) is 4.99 Å². The van der Waals surface area contributed by atoms with E-state index < -0.39 is 0 Å². The maximum Gasteiger partial charge on any atom is 0.243 e. The number of rotatable bonds is 9. The average Bonchev–Trinajstić information content (AvgIpc) is 2.73. The van der Waals surface area contributed by atoms with Crippen molar-refractivity contribution in [2.45, 2.75) is 38.3 Å². The predicted molar refractivity (Wildman–Crippen MR) is 133 cm³/mol. The van der Waals surface area contributed by atoms with E-state index in [4.69, 9.17) is 4.74 Å². The second-order valence-corrected chi connectivity index (χ2v) is 7.84. The smallest absolute Gasteiger partial charge is 0.243 e. The molecule has 2 N–H and O–H groups in total. The molecule has 0 saturated carbocycles. The number of nitrogens with zero attached hydrogens (tertiary/aromatic N) is 3. The molecule has 1 aliphatic rings. The van der Waals surface area contributed by atoms with Crippen molar-refractivity contribution in [3.8, 4) is 0 Å². The zero-order valence-corrected chi connectivity index (χ0v) is 21.1. The molecule has 1 heterocycles. The molecule has 0 bridgehead atoms. The number of piperidine rings is 1. The van der Waals surface area contributed by atoms with Gasteiger partial charge in [-0.3, -0.25) is 4.79 Å². The Labute approximate surface area is 198 Å². The van der Waals surface area contributed by atoms with Gasteiger partial charge >= 0.3 is 0 Å². The van der Waals surface area contributed by atoms with Gasteiger partial charge in [-0.15, -0.1) is 24.0 Å². The number of hydrogen-bond acceptors (Lipinski definition) is 4. The number of ether oxygens (including phenoxy) is 1. The van der Waals surface area contributed by atoms with Crippen molar-refractivity contribution in [3.63, 3.8) is 0 Å². The Balaban J connectivity index is 0.00000450. The van der Waals surface area contributed by atoms with E-state index in [-0.39, 0.29) is 42.5 Å². The summed E-state index contributed by atoms with van der Waals surface area (Å²) >= 11 is 0. The lowest BCUT2D eigenvalue weighted by Gasteiger charge is -2.33. The van der Waals surface area contributed by atoms with Crippen LogP contribution in [0.1, 0.15) is 37.8 Å². The molecule has 30 heavy (non-hydrogen) atoms. The monoisotopic (exact) mass is 531 g/mol. The fraction of sp³-hybridized carbons (Fsp3) is 0.636. The molecule has 170 valence electrons. The van der Waals surface area contributed by atoms with E-state index in [1.807, 2.05) is 18.2 Å². The highest BCUT2D eigenvalue weighted by molar-refractivity contribution is 14.0. The van der Waals surface area contributed by atoms with Crippen molar-refractivity contribution >= 4 is 35.8 Å². The van der Waals surface area contributed by atoms with Gasteiger partial charge in [0.15, 0.2) is 5.96 Å². The number of methoxy groups -OCH3 is 1. The molecule has 1 fully saturated rings. The molecule has 0 aliphatic carbocycles. The number of likely N-dealkylation sites (N-methyl/N-ethyl adjacent to an activating group) is 1. The van der Waals surface area contributed by atoms with Crippen LogP contribution in [0.5, 0.6) is 0 Å². The maximum absolute atomic E-state index is 12.0. The molecule has 1 atom stereocenters. The first-order valence-electron chi connectivity index (χ1n) is 10.5. The van der Waals surface area contributed by atoms with E-state index >= 15 is 0 Å². The van der Waals surface area contributed by atoms with E-state index in [1.54, 1.807) is 26.1 Å². The van der Waals surface area contributed by atoms with Gasteiger partial charge in [0, 0.05) is 53.5 Å². The molecule has 1 aromatic rings. The molecule has 0 aromatic heterocycles. The Morgan fingerprint density at radius 3 is 2.53 bits per heavy atom. The average molecular weight is 531 g/mol. The molecule has 2 rings (SSSR count). The topological polar surface area (TPSA) is 69.2 Å². The number of halogens is 1. The fourth-order valence-electron chi connectivity index (χ4n) is 3.38. The quantitative estimate of drug-likeness (QED) is 0.222. The molecule has 0 spiro atoms. The SMILES string of the molecule is COCCCN1CCC(NC(=NCC(=O)N(C)C)NC(C)c2ccccc2)CC1.I. The Hall–Kier alpha value is -1.39. The third-order valence-electron chi connectivity index (χ3n) is 5.28. The summed E-state index contributed by atoms with van der Waals surface area (Å²) in [6, 6.07) is 10.7. The van der Waals surface area contributed by atoms with E-state index in [9.17, 15) is 4.79 Å². The summed E-state index contributed by atoms with van der Waals surface area (Å²) in [6.07, 6.45) is 3.20. The van der Waals surface area contributed by atoms with Crippen LogP contribution in [-0.2, 0) is 9.53 Å². The lowest BCUT2D eigenvalue weighted by Crippen LogP contribution is -2.49. The molecule has 1 saturated heterocycles. The van der Waals surface area contributed by atoms with Crippen LogP contribution in [0.15, 0.2) is 35.3 Å². The van der Waals surface area contributed by atoms with Crippen LogP contribution in [0.25, 0.3) is 0 Å². The summed E-state index contributed by atoms with van der Waals surface area (Å²) in [7, 11) is 5.26. The molecule has 1 amide bonds. The Morgan fingerprint density at radius 1 is 1.27 bits per heavy atom. The summed E-state index contributed by atoms with van der Waals surface area (Å²) in [5.41, 5.74) is 1.19. The number of carbonyl (C=O) groups is 1. The predicted octanol–water partition coefficient (Wildman–Crippen LogP) is 2.49. The van der Waals surface area contributed by atoms with Gasteiger partial charge in [0.25, 0.3) is 0 Å². The standard InChI is InChI=1S/C22H37N5O2.HI/c1-18(19-9-6-5-7-10-19)24-22(23-17-21(28)26(2)3)25-20-11-14-27(15-12-20)13-8-16-29-4;/h5-7,9-10,18,20H,8,11-17H2,1-4H3,(H2,23,24,25);1H. The lowest BCUT2D eigenvalue weighted by atomic mass is 10.0. The Morgan fingerprint density at radius 2 is 1.93 bits per heavy atom. The number of benzene rings is 1. The van der Waals surface area contributed by atoms with Gasteiger partial charge in [-0.25, -0.2) is 4.99 Å². The van der Waals surface area contributed by atoms with Gasteiger partial charge in [0.2, 0.25) is 5.91 Å². The molecule has 7 nitrogen and oxygen atoms in total. The highest BCUT2D eigenvalue weighted by atomic mass is 127. The van der Waals surface area contributed by atoms with Crippen LogP contribution in [0.2, 0.25) is 0 Å². The first-order valence-corrected chi connectivity index (χ1v) is 10.5. The summed E-state index contributed by atoms with van der Waals surface area (Å²) in [5, 5.41) is 7.02. The van der Waals surface area contributed by atoms with Gasteiger partial charge in [-0.05, 0) is 31.7 Å². The zero-order chi connectivity index (χ0) is 21.1. The lowest BCUT2D eigenvalue weighted by molar-refractivity contribution is -0.127. The van der Waals surface area contributed by atoms with E-state index in [1.165, 1.54) is 5.56 Å². The largest absolute Gasteiger partial charge is 0.385 e. The summed E-state index contributed by atoms with van der Waals surface area (Å²) < 4.78 is 5.15. The van der Waals surface area contributed by atoms with Gasteiger partial charge in [0.05, 0.1) is 6.04 Å². The highest BCUT2D eigenvalue weighted by Gasteiger charge is 2.20. The minimum absolute atomic E-state index is 0. The van der Waals surface area contributed by atoms with Crippen molar-refractivity contribution < 1.29 is 9.53 Å². The number of likely N-dealkylation sites (tertiary alicyclic amines) is 1. The third-order valence-corrected chi connectivity index (χ3v) is 5.28. The highest BCUT2D eigenvalue weighted by Crippen LogP contribution is 2.13. The summed E-state index contributed by atoms with van der Waals surface area (Å²) in [4.78, 5) is 20.6. The van der Waals surface area contributed by atoms with Gasteiger partial charge in [-0.1, -0.05) is 30.3 Å². The van der Waals surface area contributed by atoms with Crippen molar-refractivity contribution in [1.29, 1.82) is 0 Å². The molecule has 8 heteroatoms. The van der Waals surface area contributed by atoms with Crippen LogP contribution >= 0.6 is 24.0 Å². The summed E-state index contributed by atoms with van der Waals surface area (Å²) in [6.45, 7) is 6.29. The molecular weight excluding hydrogens is 493 g/mol. The second kappa shape index (κ2) is 14.6. The van der Waals surface area contributed by atoms with E-state index in [0.29, 0.717) is 12.0 Å². The molecule has 1 aliphatic heterocycles. The van der Waals surface area contributed by atoms with Gasteiger partial charge in [-0.2, -0.15) is 0 Å². The van der Waals surface area contributed by atoms with Gasteiger partial charge < -0.3 is 25.2 Å². The number of hydrogen-bond donors (Lipinski definition) is 2. The number of guanidine groups is 1. The third kappa shape index (κ3) is 9.61. The number of nitrogens with one attached hydrogen (secondary N) is 2. The van der Waals surface area contributed by atoms with Crippen LogP contribution < -0.4 is 10.6 Å². The first-order chi connectivity index (χ1) is 14.0. The minimum Gasteiger partial charge on any atom is -0.385 e. The summed E-state index contributed by atoms with van der Waals surface area (Å²) in [5.74, 6) is 0.695. The van der Waals surface area contributed by atoms with Crippen molar-refractivity contribution in [2.75, 3.05) is 54.0 Å². The first kappa shape index (κ1) is 26.6. The minimum atomic E-state index is -0.00794. The van der Waals surface area contributed by atoms with Crippen LogP contribution in [0.4, 0.5) is 0 Å². The molecule has 1 unspecified atom stereocenters. The normalized spacial score (nSPS) is 16.5. The van der Waals surface area contributed by atoms with Crippen molar-refractivity contribution in [3.05, 3.63) is 35.9 Å². The molecule has 0 radical (unpaired) electrons. The van der Waals surface area contributed by atoms with Crippen LogP contribution in [-0.4, -0.2) is 81.7 Å². The Bertz CT molecular complexity index is 634. The van der Waals surface area contributed by atoms with Crippen LogP contribution in [0, 0.1) is 0 Å². The maximum atomic E-state index is 12.0. The zero-order valence-electron chi connectivity index (χ0n) is 18.8. The second-order valence-electron chi connectivity index (χ2n) is 7.84. The fourth-order valence-corrected chi connectivity index (χ4v) is 3.38. The van der Waals surface area contributed by atoms with E-state index in [2.05, 4.69) is 39.6 Å². The number of carbonyl (C=O) groups excluding carboxylic acids is 1. The van der Waals surface area contributed by atoms with Gasteiger partial charge in [0.1, 0.15) is 6.54 Å². The van der Waals surface area contributed by atoms with Crippen LogP contribution in [0.3, 0.4) is 0 Å². The molecular formula is C22H38IN5O2.